The molecule has 0 atom stereocenters. The second-order valence-corrected chi connectivity index (χ2v) is 8.16. The normalized spacial score (nSPS) is 13.8. The van der Waals surface area contributed by atoms with E-state index in [1.807, 2.05) is 53.4 Å². The molecular weight excluding hydrogens is 412 g/mol. The lowest BCUT2D eigenvalue weighted by atomic mass is 10.0. The van der Waals surface area contributed by atoms with Crippen LogP contribution in [0.15, 0.2) is 89.5 Å². The molecule has 5 rings (SSSR count). The number of nitrogens with zero attached hydrogens (tertiary/aromatic N) is 4. The number of carbonyl (C=O) groups excluding carboxylic acids is 1. The molecule has 1 aromatic heterocycles. The first-order valence-electron chi connectivity index (χ1n) is 11.3. The van der Waals surface area contributed by atoms with Gasteiger partial charge in [-0.25, -0.2) is 0 Å². The van der Waals surface area contributed by atoms with Crippen molar-refractivity contribution in [3.05, 3.63) is 90.8 Å². The van der Waals surface area contributed by atoms with Crippen molar-refractivity contribution in [3.8, 4) is 22.5 Å². The van der Waals surface area contributed by atoms with Gasteiger partial charge in [0.2, 0.25) is 17.6 Å². The molecule has 1 saturated heterocycles. The molecule has 1 fully saturated rings. The lowest BCUT2D eigenvalue weighted by molar-refractivity contribution is -0.131. The van der Waals surface area contributed by atoms with Gasteiger partial charge in [-0.15, -0.1) is 0 Å². The second-order valence-electron chi connectivity index (χ2n) is 8.16. The molecule has 166 valence electrons. The highest BCUT2D eigenvalue weighted by molar-refractivity contribution is 5.76. The lowest BCUT2D eigenvalue weighted by Gasteiger charge is -2.36. The highest BCUT2D eigenvalue weighted by Gasteiger charge is 2.21. The first-order chi connectivity index (χ1) is 16.3. The van der Waals surface area contributed by atoms with Gasteiger partial charge in [-0.05, 0) is 23.3 Å². The SMILES string of the molecule is O=C(CCc1nc(-c2ccc(-c3ccccc3)cc2)no1)N1CCN(c2ccccc2)CC1. The van der Waals surface area contributed by atoms with Crippen LogP contribution in [-0.4, -0.2) is 47.1 Å². The van der Waals surface area contributed by atoms with E-state index in [2.05, 4.69) is 51.4 Å². The molecule has 33 heavy (non-hydrogen) atoms. The van der Waals surface area contributed by atoms with E-state index < -0.39 is 0 Å². The smallest absolute Gasteiger partial charge is 0.227 e. The maximum atomic E-state index is 12.7. The number of amides is 1. The summed E-state index contributed by atoms with van der Waals surface area (Å²) in [7, 11) is 0. The monoisotopic (exact) mass is 438 g/mol. The molecule has 1 amide bonds. The zero-order chi connectivity index (χ0) is 22.5. The largest absolute Gasteiger partial charge is 0.368 e. The van der Waals surface area contributed by atoms with Crippen molar-refractivity contribution >= 4 is 11.6 Å². The minimum absolute atomic E-state index is 0.134. The van der Waals surface area contributed by atoms with Gasteiger partial charge in [-0.3, -0.25) is 4.79 Å². The van der Waals surface area contributed by atoms with Gasteiger partial charge < -0.3 is 14.3 Å². The van der Waals surface area contributed by atoms with Gasteiger partial charge in [0.25, 0.3) is 0 Å². The maximum absolute atomic E-state index is 12.7. The Hall–Kier alpha value is -3.93. The Morgan fingerprint density at radius 3 is 2.06 bits per heavy atom. The van der Waals surface area contributed by atoms with Gasteiger partial charge in [0.1, 0.15) is 0 Å². The third-order valence-corrected chi connectivity index (χ3v) is 6.02. The standard InChI is InChI=1S/C27H26N4O2/c32-26(31-19-17-30(18-20-31)24-9-5-2-6-10-24)16-15-25-28-27(29-33-25)23-13-11-22(12-14-23)21-7-3-1-4-8-21/h1-14H,15-20H2. The highest BCUT2D eigenvalue weighted by atomic mass is 16.5. The number of benzene rings is 3. The molecule has 6 nitrogen and oxygen atoms in total. The van der Waals surface area contributed by atoms with Crippen molar-refractivity contribution in [2.75, 3.05) is 31.1 Å². The Bertz CT molecular complexity index is 1180. The summed E-state index contributed by atoms with van der Waals surface area (Å²) in [6.45, 7) is 3.16. The van der Waals surface area contributed by atoms with E-state index in [1.165, 1.54) is 11.3 Å². The van der Waals surface area contributed by atoms with Gasteiger partial charge in [0.15, 0.2) is 0 Å². The number of hydrogen-bond acceptors (Lipinski definition) is 5. The summed E-state index contributed by atoms with van der Waals surface area (Å²) >= 11 is 0. The molecule has 4 aromatic rings. The predicted octanol–water partition coefficient (Wildman–Crippen LogP) is 4.69. The van der Waals surface area contributed by atoms with Gasteiger partial charge in [-0.1, -0.05) is 78.0 Å². The van der Waals surface area contributed by atoms with Crippen molar-refractivity contribution in [1.29, 1.82) is 0 Å². The summed E-state index contributed by atoms with van der Waals surface area (Å²) in [6.07, 6.45) is 0.826. The van der Waals surface area contributed by atoms with E-state index in [-0.39, 0.29) is 5.91 Å². The molecule has 0 N–H and O–H groups in total. The first kappa shape index (κ1) is 20.9. The number of aromatic nitrogens is 2. The van der Waals surface area contributed by atoms with E-state index in [1.54, 1.807) is 0 Å². The van der Waals surface area contributed by atoms with E-state index in [0.717, 1.165) is 37.3 Å². The van der Waals surface area contributed by atoms with Crippen LogP contribution in [0.4, 0.5) is 5.69 Å². The molecule has 0 unspecified atom stereocenters. The average Bonchev–Trinajstić information content (AvgIpc) is 3.38. The van der Waals surface area contributed by atoms with Gasteiger partial charge in [0, 0.05) is 50.3 Å². The molecule has 0 spiro atoms. The molecule has 0 aliphatic carbocycles. The minimum Gasteiger partial charge on any atom is -0.368 e. The highest BCUT2D eigenvalue weighted by Crippen LogP contribution is 2.23. The van der Waals surface area contributed by atoms with Crippen LogP contribution < -0.4 is 4.90 Å². The molecule has 2 heterocycles. The van der Waals surface area contributed by atoms with E-state index >= 15 is 0 Å². The van der Waals surface area contributed by atoms with Crippen molar-refractivity contribution < 1.29 is 9.32 Å². The molecule has 3 aromatic carbocycles. The van der Waals surface area contributed by atoms with E-state index in [0.29, 0.717) is 24.6 Å². The summed E-state index contributed by atoms with van der Waals surface area (Å²) < 4.78 is 5.41. The van der Waals surface area contributed by atoms with Crippen molar-refractivity contribution in [3.63, 3.8) is 0 Å². The molecule has 1 aliphatic rings. The zero-order valence-corrected chi connectivity index (χ0v) is 18.4. The Kier molecular flexibility index (Phi) is 6.15. The van der Waals surface area contributed by atoms with Crippen LogP contribution in [0.25, 0.3) is 22.5 Å². The van der Waals surface area contributed by atoms with Crippen LogP contribution in [0.1, 0.15) is 12.3 Å². The number of anilines is 1. The number of carbonyl (C=O) groups is 1. The Balaban J connectivity index is 1.13. The molecule has 0 bridgehead atoms. The van der Waals surface area contributed by atoms with Crippen LogP contribution in [-0.2, 0) is 11.2 Å². The van der Waals surface area contributed by atoms with Crippen LogP contribution in [0.3, 0.4) is 0 Å². The fraction of sp³-hybridized carbons (Fsp3) is 0.222. The molecular formula is C27H26N4O2. The summed E-state index contributed by atoms with van der Waals surface area (Å²) in [4.78, 5) is 21.4. The summed E-state index contributed by atoms with van der Waals surface area (Å²) in [5.74, 6) is 1.18. The third-order valence-electron chi connectivity index (χ3n) is 6.02. The molecule has 0 radical (unpaired) electrons. The Morgan fingerprint density at radius 1 is 0.758 bits per heavy atom. The average molecular weight is 439 g/mol. The fourth-order valence-corrected chi connectivity index (χ4v) is 4.14. The van der Waals surface area contributed by atoms with Crippen molar-refractivity contribution in [2.45, 2.75) is 12.8 Å². The number of aryl methyl sites for hydroxylation is 1. The van der Waals surface area contributed by atoms with E-state index in [4.69, 9.17) is 4.52 Å². The topological polar surface area (TPSA) is 62.5 Å². The van der Waals surface area contributed by atoms with Crippen molar-refractivity contribution in [2.24, 2.45) is 0 Å². The zero-order valence-electron chi connectivity index (χ0n) is 18.4. The third kappa shape index (κ3) is 4.95. The molecule has 6 heteroatoms. The lowest BCUT2D eigenvalue weighted by Crippen LogP contribution is -2.48. The summed E-state index contributed by atoms with van der Waals surface area (Å²) in [6, 6.07) is 28.7. The van der Waals surface area contributed by atoms with Crippen molar-refractivity contribution in [1.82, 2.24) is 15.0 Å². The molecule has 0 saturated carbocycles. The summed E-state index contributed by atoms with van der Waals surface area (Å²) in [5.41, 5.74) is 4.41. The molecule has 1 aliphatic heterocycles. The van der Waals surface area contributed by atoms with Gasteiger partial charge in [-0.2, -0.15) is 4.98 Å². The van der Waals surface area contributed by atoms with Gasteiger partial charge >= 0.3 is 0 Å². The number of hydrogen-bond donors (Lipinski definition) is 0. The summed E-state index contributed by atoms with van der Waals surface area (Å²) in [5, 5.41) is 4.11. The quantitative estimate of drug-likeness (QED) is 0.437. The first-order valence-corrected chi connectivity index (χ1v) is 11.3. The van der Waals surface area contributed by atoms with Gasteiger partial charge in [0.05, 0.1) is 0 Å². The van der Waals surface area contributed by atoms with Crippen LogP contribution >= 0.6 is 0 Å². The van der Waals surface area contributed by atoms with E-state index in [9.17, 15) is 4.79 Å². The van der Waals surface area contributed by atoms with Crippen LogP contribution in [0.2, 0.25) is 0 Å². The second kappa shape index (κ2) is 9.69. The number of piperazine rings is 1. The number of para-hydroxylation sites is 1. The minimum atomic E-state index is 0.134. The number of rotatable bonds is 6. The Labute approximate surface area is 193 Å². The van der Waals surface area contributed by atoms with Crippen LogP contribution in [0.5, 0.6) is 0 Å². The maximum Gasteiger partial charge on any atom is 0.227 e. The van der Waals surface area contributed by atoms with Crippen LogP contribution in [0, 0.1) is 0 Å². The predicted molar refractivity (Wildman–Crippen MR) is 129 cm³/mol. The fourth-order valence-electron chi connectivity index (χ4n) is 4.14. The Morgan fingerprint density at radius 2 is 1.36 bits per heavy atom.